The van der Waals surface area contributed by atoms with Crippen molar-refractivity contribution in [1.82, 2.24) is 9.97 Å². The van der Waals surface area contributed by atoms with Crippen LogP contribution in [0.2, 0.25) is 0 Å². The van der Waals surface area contributed by atoms with Crippen molar-refractivity contribution in [1.29, 1.82) is 0 Å². The van der Waals surface area contributed by atoms with Gasteiger partial charge >= 0.3 is 5.97 Å². The van der Waals surface area contributed by atoms with Crippen molar-refractivity contribution in [2.75, 3.05) is 6.61 Å². The minimum Gasteiger partial charge on any atom is -0.461 e. The lowest BCUT2D eigenvalue weighted by molar-refractivity contribution is -0.142. The Bertz CT molecular complexity index is 719. The van der Waals surface area contributed by atoms with Gasteiger partial charge in [-0.1, -0.05) is 31.2 Å². The molecule has 0 atom stereocenters. The van der Waals surface area contributed by atoms with Crippen molar-refractivity contribution < 1.29 is 9.53 Å². The first-order valence-electron chi connectivity index (χ1n) is 7.49. The fourth-order valence-corrected chi connectivity index (χ4v) is 2.10. The Balaban J connectivity index is 1.86. The van der Waals surface area contributed by atoms with Crippen molar-refractivity contribution in [3.8, 4) is 0 Å². The van der Waals surface area contributed by atoms with Gasteiger partial charge in [-0.2, -0.15) is 0 Å². The highest BCUT2D eigenvalue weighted by Crippen LogP contribution is 2.07. The zero-order valence-corrected chi connectivity index (χ0v) is 12.7. The summed E-state index contributed by atoms with van der Waals surface area (Å²) >= 11 is 0. The summed E-state index contributed by atoms with van der Waals surface area (Å²) in [6.07, 6.45) is 6.17. The molecule has 0 aliphatic carbocycles. The van der Waals surface area contributed by atoms with Crippen LogP contribution in [-0.4, -0.2) is 22.5 Å². The molecule has 0 amide bonds. The van der Waals surface area contributed by atoms with Crippen LogP contribution < -0.4 is 5.56 Å². The number of esters is 1. The summed E-state index contributed by atoms with van der Waals surface area (Å²) in [4.78, 5) is 30.6. The number of para-hydroxylation sites is 1. The van der Waals surface area contributed by atoms with E-state index in [1.54, 1.807) is 6.07 Å². The van der Waals surface area contributed by atoms with E-state index in [1.807, 2.05) is 37.3 Å². The average Bonchev–Trinajstić information content (AvgIpc) is 2.52. The van der Waals surface area contributed by atoms with Crippen molar-refractivity contribution in [2.45, 2.75) is 32.6 Å². The van der Waals surface area contributed by atoms with E-state index in [4.69, 9.17) is 4.74 Å². The number of ether oxygens (including phenoxy) is 1. The molecule has 0 radical (unpaired) electrons. The number of carbonyl (C=O) groups excluding carboxylic acids is 1. The Morgan fingerprint density at radius 2 is 2.14 bits per heavy atom. The molecule has 1 N–H and O–H groups in total. The first-order chi connectivity index (χ1) is 10.7. The molecule has 5 nitrogen and oxygen atoms in total. The summed E-state index contributed by atoms with van der Waals surface area (Å²) in [7, 11) is 0. The van der Waals surface area contributed by atoms with Crippen LogP contribution in [0, 0.1) is 0 Å². The maximum Gasteiger partial charge on any atom is 0.306 e. The number of carbonyl (C=O) groups is 1. The lowest BCUT2D eigenvalue weighted by Gasteiger charge is -2.03. The summed E-state index contributed by atoms with van der Waals surface area (Å²) in [5, 5.41) is 0.577. The minimum absolute atomic E-state index is 0.145. The molecule has 2 aromatic rings. The molecule has 0 fully saturated rings. The second-order valence-electron chi connectivity index (χ2n) is 4.95. The van der Waals surface area contributed by atoms with Crippen LogP contribution in [0.1, 0.15) is 32.0 Å². The van der Waals surface area contributed by atoms with Gasteiger partial charge in [0.25, 0.3) is 5.56 Å². The minimum atomic E-state index is -0.233. The molecule has 5 heteroatoms. The van der Waals surface area contributed by atoms with Crippen LogP contribution in [0.3, 0.4) is 0 Å². The van der Waals surface area contributed by atoms with Crippen LogP contribution in [0.4, 0.5) is 0 Å². The number of rotatable bonds is 7. The fraction of sp³-hybridized carbons (Fsp3) is 0.353. The number of aromatic nitrogens is 2. The first kappa shape index (κ1) is 15.9. The Morgan fingerprint density at radius 1 is 1.32 bits per heavy atom. The van der Waals surface area contributed by atoms with Gasteiger partial charge in [-0.05, 0) is 25.0 Å². The van der Waals surface area contributed by atoms with Crippen molar-refractivity contribution in [3.05, 3.63) is 52.6 Å². The topological polar surface area (TPSA) is 72.0 Å². The average molecular weight is 300 g/mol. The third-order valence-electron chi connectivity index (χ3n) is 3.20. The van der Waals surface area contributed by atoms with Gasteiger partial charge in [-0.3, -0.25) is 9.59 Å². The lowest BCUT2D eigenvalue weighted by Crippen LogP contribution is -2.12. The van der Waals surface area contributed by atoms with E-state index in [2.05, 4.69) is 9.97 Å². The van der Waals surface area contributed by atoms with E-state index >= 15 is 0 Å². The molecule has 1 heterocycles. The Kier molecular flexibility index (Phi) is 5.89. The fourth-order valence-electron chi connectivity index (χ4n) is 2.10. The predicted molar refractivity (Wildman–Crippen MR) is 85.7 cm³/mol. The van der Waals surface area contributed by atoms with Crippen LogP contribution in [0.25, 0.3) is 10.9 Å². The Morgan fingerprint density at radius 3 is 2.95 bits per heavy atom. The van der Waals surface area contributed by atoms with E-state index < -0.39 is 0 Å². The summed E-state index contributed by atoms with van der Waals surface area (Å²) in [5.74, 6) is 0.367. The molecule has 116 valence electrons. The zero-order valence-electron chi connectivity index (χ0n) is 12.7. The number of nitrogens with one attached hydrogen (secondary N) is 1. The molecular formula is C17H20N2O3. The van der Waals surface area contributed by atoms with E-state index in [0.29, 0.717) is 42.6 Å². The second kappa shape index (κ2) is 8.12. The largest absolute Gasteiger partial charge is 0.461 e. The van der Waals surface area contributed by atoms with Crippen LogP contribution in [0.15, 0.2) is 41.2 Å². The summed E-state index contributed by atoms with van der Waals surface area (Å²) < 4.78 is 5.06. The highest BCUT2D eigenvalue weighted by Gasteiger charge is 2.05. The van der Waals surface area contributed by atoms with Crippen LogP contribution >= 0.6 is 0 Å². The van der Waals surface area contributed by atoms with Crippen molar-refractivity contribution in [3.63, 3.8) is 0 Å². The number of aromatic amines is 1. The van der Waals surface area contributed by atoms with E-state index in [1.165, 1.54) is 0 Å². The van der Waals surface area contributed by atoms with Gasteiger partial charge in [0, 0.05) is 12.8 Å². The number of fused-ring (bicyclic) bond motifs is 1. The summed E-state index contributed by atoms with van der Waals surface area (Å²) in [5.41, 5.74) is 0.529. The van der Waals surface area contributed by atoms with Gasteiger partial charge in [0.2, 0.25) is 0 Å². The molecule has 0 saturated carbocycles. The molecule has 0 spiro atoms. The molecule has 0 aliphatic rings. The quantitative estimate of drug-likeness (QED) is 0.630. The normalized spacial score (nSPS) is 11.1. The third-order valence-corrected chi connectivity index (χ3v) is 3.20. The molecule has 0 aliphatic heterocycles. The summed E-state index contributed by atoms with van der Waals surface area (Å²) in [6.45, 7) is 2.34. The number of aryl methyl sites for hydroxylation is 1. The molecule has 0 unspecified atom stereocenters. The van der Waals surface area contributed by atoms with E-state index in [-0.39, 0.29) is 11.5 Å². The zero-order chi connectivity index (χ0) is 15.8. The highest BCUT2D eigenvalue weighted by atomic mass is 16.5. The Labute approximate surface area is 129 Å². The van der Waals surface area contributed by atoms with E-state index in [0.717, 1.165) is 6.42 Å². The number of nitrogens with zero attached hydrogens (tertiary/aromatic N) is 1. The van der Waals surface area contributed by atoms with Gasteiger partial charge in [-0.25, -0.2) is 4.98 Å². The molecule has 0 saturated heterocycles. The van der Waals surface area contributed by atoms with Gasteiger partial charge in [0.1, 0.15) is 12.4 Å². The van der Waals surface area contributed by atoms with Gasteiger partial charge < -0.3 is 9.72 Å². The standard InChI is InChI=1S/C17H20N2O3/c1-2-3-6-12-22-16(20)11-7-10-15-18-14-9-5-4-8-13(14)17(21)19-15/h3-6,8-9H,2,7,10-12H2,1H3,(H,18,19,21). The van der Waals surface area contributed by atoms with Crippen molar-refractivity contribution >= 4 is 16.9 Å². The number of benzene rings is 1. The second-order valence-corrected chi connectivity index (χ2v) is 4.95. The van der Waals surface area contributed by atoms with Crippen LogP contribution in [0.5, 0.6) is 0 Å². The molecule has 1 aromatic heterocycles. The first-order valence-corrected chi connectivity index (χ1v) is 7.49. The molecule has 1 aromatic carbocycles. The number of hydrogen-bond acceptors (Lipinski definition) is 4. The lowest BCUT2D eigenvalue weighted by atomic mass is 10.2. The van der Waals surface area contributed by atoms with Gasteiger partial charge in [0.15, 0.2) is 0 Å². The highest BCUT2D eigenvalue weighted by molar-refractivity contribution is 5.77. The smallest absolute Gasteiger partial charge is 0.306 e. The maximum atomic E-state index is 11.9. The SMILES string of the molecule is CCC=CCOC(=O)CCCc1nc2ccccc2c(=O)[nH]1. The maximum absolute atomic E-state index is 11.9. The monoisotopic (exact) mass is 300 g/mol. The van der Waals surface area contributed by atoms with Gasteiger partial charge in [0.05, 0.1) is 10.9 Å². The molecule has 0 bridgehead atoms. The molecule has 22 heavy (non-hydrogen) atoms. The molecular weight excluding hydrogens is 280 g/mol. The third kappa shape index (κ3) is 4.55. The Hall–Kier alpha value is -2.43. The van der Waals surface area contributed by atoms with Crippen LogP contribution in [-0.2, 0) is 16.0 Å². The van der Waals surface area contributed by atoms with E-state index in [9.17, 15) is 9.59 Å². The number of allylic oxidation sites excluding steroid dienone is 1. The number of H-pyrrole nitrogens is 1. The predicted octanol–water partition coefficient (Wildman–Crippen LogP) is 2.76. The summed E-state index contributed by atoms with van der Waals surface area (Å²) in [6, 6.07) is 7.20. The molecule has 2 rings (SSSR count). The number of hydrogen-bond donors (Lipinski definition) is 1. The van der Waals surface area contributed by atoms with Crippen molar-refractivity contribution in [2.24, 2.45) is 0 Å². The van der Waals surface area contributed by atoms with Gasteiger partial charge in [-0.15, -0.1) is 0 Å².